The Bertz CT molecular complexity index is 1070. The van der Waals surface area contributed by atoms with E-state index in [4.69, 9.17) is 9.47 Å². The lowest BCUT2D eigenvalue weighted by Gasteiger charge is -2.42. The molecule has 0 radical (unpaired) electrons. The number of rotatable bonds is 10. The average Bonchev–Trinajstić information content (AvgIpc) is 3.10. The first kappa shape index (κ1) is 31.9. The van der Waals surface area contributed by atoms with Gasteiger partial charge in [-0.25, -0.2) is 9.13 Å². The number of nitrogens with one attached hydrogen (secondary N) is 2. The molecule has 2 fully saturated rings. The lowest BCUT2D eigenvalue weighted by Crippen LogP contribution is -2.64. The summed E-state index contributed by atoms with van der Waals surface area (Å²) < 4.78 is 48.6. The minimum absolute atomic E-state index is 0.710. The Kier molecular flexibility index (Phi) is 10.2. The van der Waals surface area contributed by atoms with Gasteiger partial charge in [0.2, 0.25) is 17.7 Å². The van der Waals surface area contributed by atoms with Crippen molar-refractivity contribution in [3.63, 3.8) is 0 Å². The van der Waals surface area contributed by atoms with Crippen molar-refractivity contribution in [2.45, 2.75) is 62.0 Å². The van der Waals surface area contributed by atoms with Crippen molar-refractivity contribution in [1.29, 1.82) is 0 Å². The molecule has 3 aliphatic rings. The van der Waals surface area contributed by atoms with Crippen molar-refractivity contribution < 1.29 is 81.7 Å². The standard InChI is InChI=1S/C18H28N2O17P2/c1-6(22)19-11-14(26)12(24)8(4-21)35-18(11)36-39(31,32)37-38(29,30)33-5-9-13(25)15(27)16(34-9)7-2-3-10(23)20-17(7)28/h2-3,7-9,11-16,18,21,24-27H,4-5H2,1H3,(H,19,22)(H,29,30)(H,31,32)(H,20,23,28). The van der Waals surface area contributed by atoms with Crippen LogP contribution in [0.4, 0.5) is 0 Å². The monoisotopic (exact) mass is 606 g/mol. The first-order valence-corrected chi connectivity index (χ1v) is 14.2. The van der Waals surface area contributed by atoms with E-state index < -0.39 is 108 Å². The van der Waals surface area contributed by atoms with Gasteiger partial charge in [-0.2, -0.15) is 4.31 Å². The molecule has 2 saturated heterocycles. The third-order valence-electron chi connectivity index (χ3n) is 5.85. The molecule has 21 heteroatoms. The van der Waals surface area contributed by atoms with Crippen LogP contribution in [0.3, 0.4) is 0 Å². The van der Waals surface area contributed by atoms with Crippen LogP contribution >= 0.6 is 15.6 Å². The van der Waals surface area contributed by atoms with E-state index in [1.54, 1.807) is 0 Å². The second kappa shape index (κ2) is 12.5. The van der Waals surface area contributed by atoms with E-state index in [9.17, 15) is 58.8 Å². The molecule has 0 aromatic carbocycles. The van der Waals surface area contributed by atoms with E-state index in [1.165, 1.54) is 0 Å². The molecule has 3 rings (SSSR count). The van der Waals surface area contributed by atoms with Gasteiger partial charge in [-0.3, -0.25) is 28.7 Å². The second-order valence-corrected chi connectivity index (χ2v) is 11.7. The van der Waals surface area contributed by atoms with Gasteiger partial charge in [-0.05, 0) is 0 Å². The van der Waals surface area contributed by atoms with Gasteiger partial charge in [0.1, 0.15) is 48.8 Å². The number of ether oxygens (including phenoxy) is 2. The molecule has 0 spiro atoms. The van der Waals surface area contributed by atoms with Crippen LogP contribution in [0.2, 0.25) is 0 Å². The molecule has 0 aromatic heterocycles. The molecule has 12 unspecified atom stereocenters. The number of aliphatic hydroxyl groups is 5. The summed E-state index contributed by atoms with van der Waals surface area (Å²) in [6.07, 6.45) is -11.5. The Balaban J connectivity index is 1.63. The number of aliphatic hydroxyl groups excluding tert-OH is 5. The molecule has 3 aliphatic heterocycles. The summed E-state index contributed by atoms with van der Waals surface area (Å²) in [4.78, 5) is 54.6. The summed E-state index contributed by atoms with van der Waals surface area (Å²) in [5.41, 5.74) is 0. The number of hydrogen-bond donors (Lipinski definition) is 9. The lowest BCUT2D eigenvalue weighted by atomic mass is 9.93. The number of carbonyl (C=O) groups excluding carboxylic acids is 3. The fraction of sp³-hybridized carbons (Fsp3) is 0.722. The fourth-order valence-corrected chi connectivity index (χ4v) is 6.19. The predicted octanol–water partition coefficient (Wildman–Crippen LogP) is -4.50. The van der Waals surface area contributed by atoms with Gasteiger partial charge >= 0.3 is 15.6 Å². The average molecular weight is 606 g/mol. The quantitative estimate of drug-likeness (QED) is 0.0836. The normalized spacial score (nSPS) is 40.0. The molecule has 39 heavy (non-hydrogen) atoms. The molecule has 3 amide bonds. The zero-order valence-corrected chi connectivity index (χ0v) is 21.7. The van der Waals surface area contributed by atoms with Crippen LogP contribution in [-0.2, 0) is 46.3 Å². The maximum Gasteiger partial charge on any atom is 0.483 e. The number of imide groups is 1. The van der Waals surface area contributed by atoms with E-state index in [0.717, 1.165) is 19.1 Å². The van der Waals surface area contributed by atoms with Crippen molar-refractivity contribution in [2.24, 2.45) is 5.92 Å². The topological polar surface area (TPSA) is 297 Å². The SMILES string of the molecule is CC(=O)NC1C(OP(=O)(O)OP(=O)(O)OCC2OC(C3C=CC(=O)NC3=O)C(O)C2O)OC(CO)C(O)C1O. The zero-order chi connectivity index (χ0) is 29.3. The summed E-state index contributed by atoms with van der Waals surface area (Å²) in [6, 6.07) is -1.69. The molecule has 0 aliphatic carbocycles. The highest BCUT2D eigenvalue weighted by molar-refractivity contribution is 7.61. The molecule has 3 heterocycles. The van der Waals surface area contributed by atoms with Gasteiger partial charge in [-0.1, -0.05) is 6.08 Å². The first-order chi connectivity index (χ1) is 18.0. The Hall–Kier alpha value is -1.67. The summed E-state index contributed by atoms with van der Waals surface area (Å²) >= 11 is 0. The van der Waals surface area contributed by atoms with Gasteiger partial charge < -0.3 is 50.1 Å². The summed E-state index contributed by atoms with van der Waals surface area (Å²) in [6.45, 7) is -0.906. The molecular weight excluding hydrogens is 578 g/mol. The highest BCUT2D eigenvalue weighted by Gasteiger charge is 2.51. The molecule has 222 valence electrons. The number of phosphoric acid groups is 2. The van der Waals surface area contributed by atoms with E-state index in [2.05, 4.69) is 18.7 Å². The third-order valence-corrected chi connectivity index (χ3v) is 8.45. The highest BCUT2D eigenvalue weighted by Crippen LogP contribution is 2.61. The van der Waals surface area contributed by atoms with Crippen LogP contribution in [0.25, 0.3) is 0 Å². The molecule has 0 bridgehead atoms. The largest absolute Gasteiger partial charge is 0.483 e. The Morgan fingerprint density at radius 2 is 1.67 bits per heavy atom. The maximum absolute atomic E-state index is 12.4. The van der Waals surface area contributed by atoms with Gasteiger partial charge in [0.05, 0.1) is 19.1 Å². The van der Waals surface area contributed by atoms with Crippen molar-refractivity contribution >= 4 is 33.4 Å². The molecule has 12 atom stereocenters. The maximum atomic E-state index is 12.4. The summed E-state index contributed by atoms with van der Waals surface area (Å²) in [5.74, 6) is -3.54. The molecule has 0 aromatic rings. The summed E-state index contributed by atoms with van der Waals surface area (Å²) in [7, 11) is -11.1. The molecule has 9 N–H and O–H groups in total. The van der Waals surface area contributed by atoms with Crippen LogP contribution in [0.5, 0.6) is 0 Å². The first-order valence-electron chi connectivity index (χ1n) is 11.2. The van der Waals surface area contributed by atoms with Crippen LogP contribution < -0.4 is 10.6 Å². The fourth-order valence-electron chi connectivity index (χ4n) is 4.03. The smallest absolute Gasteiger partial charge is 0.394 e. The molecule has 19 nitrogen and oxygen atoms in total. The van der Waals surface area contributed by atoms with E-state index >= 15 is 0 Å². The second-order valence-electron chi connectivity index (χ2n) is 8.71. The lowest BCUT2D eigenvalue weighted by molar-refractivity contribution is -0.247. The Morgan fingerprint density at radius 1 is 1.03 bits per heavy atom. The van der Waals surface area contributed by atoms with Crippen LogP contribution in [0.15, 0.2) is 12.2 Å². The highest BCUT2D eigenvalue weighted by atomic mass is 31.3. The zero-order valence-electron chi connectivity index (χ0n) is 19.9. The Labute approximate surface area is 219 Å². The van der Waals surface area contributed by atoms with Crippen LogP contribution in [-0.4, -0.2) is 121 Å². The van der Waals surface area contributed by atoms with E-state index in [0.29, 0.717) is 0 Å². The minimum atomic E-state index is -5.62. The predicted molar refractivity (Wildman–Crippen MR) is 120 cm³/mol. The van der Waals surface area contributed by atoms with E-state index in [-0.39, 0.29) is 0 Å². The minimum Gasteiger partial charge on any atom is -0.394 e. The van der Waals surface area contributed by atoms with Gasteiger partial charge in [0.25, 0.3) is 0 Å². The van der Waals surface area contributed by atoms with Gasteiger partial charge in [0.15, 0.2) is 6.29 Å². The Morgan fingerprint density at radius 3 is 2.26 bits per heavy atom. The van der Waals surface area contributed by atoms with Gasteiger partial charge in [-0.15, -0.1) is 0 Å². The third kappa shape index (κ3) is 7.75. The number of phosphoric ester groups is 2. The summed E-state index contributed by atoms with van der Waals surface area (Å²) in [5, 5.41) is 54.0. The van der Waals surface area contributed by atoms with Crippen molar-refractivity contribution in [1.82, 2.24) is 10.6 Å². The van der Waals surface area contributed by atoms with Crippen molar-refractivity contribution in [3.05, 3.63) is 12.2 Å². The van der Waals surface area contributed by atoms with Gasteiger partial charge in [0, 0.05) is 13.0 Å². The number of amides is 3. The van der Waals surface area contributed by atoms with Crippen LogP contribution in [0, 0.1) is 5.92 Å². The van der Waals surface area contributed by atoms with E-state index in [1.807, 2.05) is 5.32 Å². The molecule has 0 saturated carbocycles. The number of carbonyl (C=O) groups is 3. The van der Waals surface area contributed by atoms with Crippen molar-refractivity contribution in [3.8, 4) is 0 Å². The van der Waals surface area contributed by atoms with Crippen molar-refractivity contribution in [2.75, 3.05) is 13.2 Å². The van der Waals surface area contributed by atoms with Crippen LogP contribution in [0.1, 0.15) is 6.92 Å². The number of hydrogen-bond acceptors (Lipinski definition) is 15. The molecular formula is C18H28N2O17P2.